The molecule has 0 unspecified atom stereocenters. The fraction of sp³-hybridized carbons (Fsp3) is 0.0714. The first kappa shape index (κ1) is 14.3. The van der Waals surface area contributed by atoms with Gasteiger partial charge in [0.1, 0.15) is 11.4 Å². The van der Waals surface area contributed by atoms with Gasteiger partial charge in [-0.15, -0.1) is 0 Å². The van der Waals surface area contributed by atoms with Crippen molar-refractivity contribution < 1.29 is 19.4 Å². The Morgan fingerprint density at radius 2 is 2.05 bits per heavy atom. The molecule has 21 heavy (non-hydrogen) atoms. The lowest BCUT2D eigenvalue weighted by molar-refractivity contribution is 0.0696. The minimum atomic E-state index is -1.10. The van der Waals surface area contributed by atoms with Crippen molar-refractivity contribution >= 4 is 23.3 Å². The summed E-state index contributed by atoms with van der Waals surface area (Å²) in [5, 5.41) is 11.5. The van der Waals surface area contributed by atoms with Gasteiger partial charge in [-0.3, -0.25) is 4.79 Å². The van der Waals surface area contributed by atoms with Crippen molar-refractivity contribution in [2.75, 3.05) is 18.2 Å². The van der Waals surface area contributed by atoms with Gasteiger partial charge in [0.25, 0.3) is 5.91 Å². The normalized spacial score (nSPS) is 9.95. The van der Waals surface area contributed by atoms with Crippen LogP contribution in [0.1, 0.15) is 20.8 Å². The van der Waals surface area contributed by atoms with Crippen LogP contribution >= 0.6 is 0 Å². The number of aromatic nitrogens is 1. The highest BCUT2D eigenvalue weighted by atomic mass is 16.5. The number of hydrogen-bond acceptors (Lipinski definition) is 5. The molecule has 0 aliphatic rings. The van der Waals surface area contributed by atoms with Crippen molar-refractivity contribution in [3.05, 3.63) is 47.8 Å². The number of pyridine rings is 1. The van der Waals surface area contributed by atoms with E-state index in [0.29, 0.717) is 11.4 Å². The number of aromatic carboxylic acids is 1. The molecule has 0 atom stereocenters. The zero-order valence-corrected chi connectivity index (χ0v) is 11.2. The molecule has 0 bridgehead atoms. The molecular formula is C14H13N3O4. The first-order valence-electron chi connectivity index (χ1n) is 5.95. The second-order valence-electron chi connectivity index (χ2n) is 4.15. The molecule has 0 spiro atoms. The number of ether oxygens (including phenoxy) is 1. The van der Waals surface area contributed by atoms with Gasteiger partial charge < -0.3 is 20.9 Å². The van der Waals surface area contributed by atoms with Crippen molar-refractivity contribution in [2.24, 2.45) is 0 Å². The van der Waals surface area contributed by atoms with Crippen molar-refractivity contribution in [2.45, 2.75) is 0 Å². The van der Waals surface area contributed by atoms with Crippen LogP contribution in [0.5, 0.6) is 5.75 Å². The average Bonchev–Trinajstić information content (AvgIpc) is 2.47. The summed E-state index contributed by atoms with van der Waals surface area (Å²) < 4.78 is 5.09. The van der Waals surface area contributed by atoms with E-state index in [4.69, 9.17) is 15.6 Å². The molecule has 0 saturated heterocycles. The van der Waals surface area contributed by atoms with Crippen LogP contribution in [-0.4, -0.2) is 29.1 Å². The zero-order valence-electron chi connectivity index (χ0n) is 11.2. The fourth-order valence-electron chi connectivity index (χ4n) is 1.66. The number of carboxylic acid groups (broad SMARTS) is 1. The third-order valence-corrected chi connectivity index (χ3v) is 2.71. The van der Waals surface area contributed by atoms with E-state index < -0.39 is 11.9 Å². The number of carbonyl (C=O) groups is 2. The van der Waals surface area contributed by atoms with Gasteiger partial charge in [0, 0.05) is 0 Å². The smallest absolute Gasteiger partial charge is 0.335 e. The van der Waals surface area contributed by atoms with Gasteiger partial charge in [0.15, 0.2) is 0 Å². The minimum Gasteiger partial charge on any atom is -0.495 e. The van der Waals surface area contributed by atoms with Crippen LogP contribution in [0.25, 0.3) is 0 Å². The second kappa shape index (κ2) is 5.91. The third kappa shape index (κ3) is 3.27. The Morgan fingerprint density at radius 1 is 1.29 bits per heavy atom. The van der Waals surface area contributed by atoms with Gasteiger partial charge in [-0.1, -0.05) is 0 Å². The zero-order chi connectivity index (χ0) is 15.4. The molecule has 0 fully saturated rings. The van der Waals surface area contributed by atoms with Crippen molar-refractivity contribution in [3.63, 3.8) is 0 Å². The molecule has 0 aliphatic carbocycles. The SMILES string of the molecule is COc1ccc(C(=O)O)cc1NC(=O)c1ccc(N)cn1. The molecule has 1 aromatic carbocycles. The highest BCUT2D eigenvalue weighted by Gasteiger charge is 2.13. The number of hydrogen-bond donors (Lipinski definition) is 3. The summed E-state index contributed by atoms with van der Waals surface area (Å²) in [5.41, 5.74) is 6.39. The lowest BCUT2D eigenvalue weighted by Gasteiger charge is -2.10. The number of benzene rings is 1. The van der Waals surface area contributed by atoms with E-state index in [1.807, 2.05) is 0 Å². The molecule has 7 nitrogen and oxygen atoms in total. The summed E-state index contributed by atoms with van der Waals surface area (Å²) in [5.74, 6) is -1.24. The number of nitrogens with zero attached hydrogens (tertiary/aromatic N) is 1. The number of nitrogen functional groups attached to an aromatic ring is 1. The van der Waals surface area contributed by atoms with Crippen LogP contribution in [0.3, 0.4) is 0 Å². The summed E-state index contributed by atoms with van der Waals surface area (Å²) in [6, 6.07) is 7.19. The standard InChI is InChI=1S/C14H13N3O4/c1-21-12-5-2-8(14(19)20)6-11(12)17-13(18)10-4-3-9(15)7-16-10/h2-7H,15H2,1H3,(H,17,18)(H,19,20). The third-order valence-electron chi connectivity index (χ3n) is 2.71. The van der Waals surface area contributed by atoms with Gasteiger partial charge in [-0.05, 0) is 30.3 Å². The van der Waals surface area contributed by atoms with Gasteiger partial charge in [-0.2, -0.15) is 0 Å². The summed E-state index contributed by atoms with van der Waals surface area (Å²) in [7, 11) is 1.42. The number of carbonyl (C=O) groups excluding carboxylic acids is 1. The first-order valence-corrected chi connectivity index (χ1v) is 5.95. The summed E-state index contributed by atoms with van der Waals surface area (Å²) in [4.78, 5) is 26.9. The molecule has 1 heterocycles. The Balaban J connectivity index is 2.29. The molecule has 0 aliphatic heterocycles. The maximum atomic E-state index is 12.1. The molecule has 7 heteroatoms. The van der Waals surface area contributed by atoms with Gasteiger partial charge in [-0.25, -0.2) is 9.78 Å². The van der Waals surface area contributed by atoms with Crippen LogP contribution in [-0.2, 0) is 0 Å². The van der Waals surface area contributed by atoms with E-state index in [0.717, 1.165) is 0 Å². The molecule has 4 N–H and O–H groups in total. The Morgan fingerprint density at radius 3 is 2.62 bits per heavy atom. The largest absolute Gasteiger partial charge is 0.495 e. The number of rotatable bonds is 4. The summed E-state index contributed by atoms with van der Waals surface area (Å²) in [6.45, 7) is 0. The number of carboxylic acids is 1. The Bertz CT molecular complexity index is 683. The predicted molar refractivity (Wildman–Crippen MR) is 76.6 cm³/mol. The summed E-state index contributed by atoms with van der Waals surface area (Å²) in [6.07, 6.45) is 1.36. The van der Waals surface area contributed by atoms with Gasteiger partial charge in [0.05, 0.1) is 30.2 Å². The maximum absolute atomic E-state index is 12.1. The molecule has 1 amide bonds. The lowest BCUT2D eigenvalue weighted by atomic mass is 10.2. The Kier molecular flexibility index (Phi) is 4.03. The molecule has 108 valence electrons. The molecule has 2 rings (SSSR count). The van der Waals surface area contributed by atoms with Crippen LogP contribution < -0.4 is 15.8 Å². The topological polar surface area (TPSA) is 115 Å². The Hall–Kier alpha value is -3.09. The lowest BCUT2D eigenvalue weighted by Crippen LogP contribution is -2.15. The summed E-state index contributed by atoms with van der Waals surface area (Å²) >= 11 is 0. The van der Waals surface area contributed by atoms with Gasteiger partial charge >= 0.3 is 5.97 Å². The number of methoxy groups -OCH3 is 1. The van der Waals surface area contributed by atoms with E-state index in [1.165, 1.54) is 37.6 Å². The second-order valence-corrected chi connectivity index (χ2v) is 4.15. The Labute approximate surface area is 120 Å². The van der Waals surface area contributed by atoms with E-state index in [1.54, 1.807) is 6.07 Å². The maximum Gasteiger partial charge on any atom is 0.335 e. The number of nitrogens with one attached hydrogen (secondary N) is 1. The molecule has 0 saturated carbocycles. The van der Waals surface area contributed by atoms with Crippen molar-refractivity contribution in [1.82, 2.24) is 4.98 Å². The van der Waals surface area contributed by atoms with Crippen molar-refractivity contribution in [1.29, 1.82) is 0 Å². The van der Waals surface area contributed by atoms with Gasteiger partial charge in [0.2, 0.25) is 0 Å². The van der Waals surface area contributed by atoms with Crippen LogP contribution in [0.4, 0.5) is 11.4 Å². The highest BCUT2D eigenvalue weighted by molar-refractivity contribution is 6.04. The average molecular weight is 287 g/mol. The number of amides is 1. The molecular weight excluding hydrogens is 274 g/mol. The van der Waals surface area contributed by atoms with Crippen LogP contribution in [0.2, 0.25) is 0 Å². The monoisotopic (exact) mass is 287 g/mol. The number of nitrogens with two attached hydrogens (primary N) is 1. The van der Waals surface area contributed by atoms with Crippen molar-refractivity contribution in [3.8, 4) is 5.75 Å². The number of anilines is 2. The molecule has 0 radical (unpaired) electrons. The fourth-order valence-corrected chi connectivity index (χ4v) is 1.66. The van der Waals surface area contributed by atoms with E-state index in [-0.39, 0.29) is 16.9 Å². The van der Waals surface area contributed by atoms with E-state index >= 15 is 0 Å². The van der Waals surface area contributed by atoms with E-state index in [2.05, 4.69) is 10.3 Å². The predicted octanol–water partition coefficient (Wildman–Crippen LogP) is 1.62. The molecule has 2 aromatic rings. The van der Waals surface area contributed by atoms with E-state index in [9.17, 15) is 9.59 Å². The highest BCUT2D eigenvalue weighted by Crippen LogP contribution is 2.26. The quantitative estimate of drug-likeness (QED) is 0.787. The first-order chi connectivity index (χ1) is 10.0. The minimum absolute atomic E-state index is 0.0383. The molecule has 1 aromatic heterocycles. The van der Waals surface area contributed by atoms with Crippen LogP contribution in [0.15, 0.2) is 36.5 Å². The van der Waals surface area contributed by atoms with Crippen LogP contribution in [0, 0.1) is 0 Å².